The minimum absolute atomic E-state index is 0.496. The maximum absolute atomic E-state index is 4.70. The summed E-state index contributed by atoms with van der Waals surface area (Å²) in [6.07, 6.45) is 0. The first-order valence-electron chi connectivity index (χ1n) is 6.43. The van der Waals surface area contributed by atoms with E-state index in [0.29, 0.717) is 6.04 Å². The zero-order valence-electron chi connectivity index (χ0n) is 11.7. The Balaban J connectivity index is 2.28. The van der Waals surface area contributed by atoms with Crippen LogP contribution in [0.15, 0.2) is 22.7 Å². The minimum Gasteiger partial charge on any atom is -0.310 e. The molecule has 19 heavy (non-hydrogen) atoms. The second kappa shape index (κ2) is 6.16. The van der Waals surface area contributed by atoms with E-state index in [1.165, 1.54) is 16.0 Å². The van der Waals surface area contributed by atoms with E-state index in [-0.39, 0.29) is 0 Å². The molecule has 2 nitrogen and oxygen atoms in total. The SMILES string of the molecule is Cc1ccc(-c2nc(C)c(CNC(C)C)s2)c(Br)c1. The zero-order valence-corrected chi connectivity index (χ0v) is 14.2. The van der Waals surface area contributed by atoms with Gasteiger partial charge in [-0.3, -0.25) is 0 Å². The summed E-state index contributed by atoms with van der Waals surface area (Å²) in [6, 6.07) is 6.90. The summed E-state index contributed by atoms with van der Waals surface area (Å²) in [7, 11) is 0. The second-order valence-electron chi connectivity index (χ2n) is 5.05. The molecule has 102 valence electrons. The molecule has 0 bridgehead atoms. The molecule has 0 aliphatic rings. The third-order valence-corrected chi connectivity index (χ3v) is 4.77. The first-order valence-corrected chi connectivity index (χ1v) is 8.04. The number of hydrogen-bond acceptors (Lipinski definition) is 3. The molecule has 2 rings (SSSR count). The fraction of sp³-hybridized carbons (Fsp3) is 0.400. The van der Waals surface area contributed by atoms with E-state index in [1.807, 2.05) is 0 Å². The molecule has 1 aromatic carbocycles. The first-order chi connectivity index (χ1) is 8.97. The van der Waals surface area contributed by atoms with Gasteiger partial charge in [-0.2, -0.15) is 0 Å². The number of aromatic nitrogens is 1. The molecule has 4 heteroatoms. The normalized spacial score (nSPS) is 11.3. The zero-order chi connectivity index (χ0) is 14.0. The van der Waals surface area contributed by atoms with Crippen molar-refractivity contribution in [2.45, 2.75) is 40.3 Å². The summed E-state index contributed by atoms with van der Waals surface area (Å²) in [5.41, 5.74) is 3.56. The molecule has 0 radical (unpaired) electrons. The Hall–Kier alpha value is -0.710. The van der Waals surface area contributed by atoms with Gasteiger partial charge in [0.2, 0.25) is 0 Å². The van der Waals surface area contributed by atoms with Gasteiger partial charge in [-0.1, -0.05) is 41.9 Å². The van der Waals surface area contributed by atoms with Crippen LogP contribution in [-0.4, -0.2) is 11.0 Å². The average molecular weight is 339 g/mol. The molecule has 0 fully saturated rings. The molecule has 0 spiro atoms. The van der Waals surface area contributed by atoms with Crippen molar-refractivity contribution in [2.75, 3.05) is 0 Å². The number of halogens is 1. The van der Waals surface area contributed by atoms with Gasteiger partial charge in [0.25, 0.3) is 0 Å². The summed E-state index contributed by atoms with van der Waals surface area (Å²) >= 11 is 5.40. The van der Waals surface area contributed by atoms with Gasteiger partial charge in [0, 0.05) is 27.5 Å². The summed E-state index contributed by atoms with van der Waals surface area (Å²) in [4.78, 5) is 6.01. The second-order valence-corrected chi connectivity index (χ2v) is 6.98. The van der Waals surface area contributed by atoms with Crippen molar-refractivity contribution in [3.8, 4) is 10.6 Å². The van der Waals surface area contributed by atoms with Gasteiger partial charge in [-0.05, 0) is 25.5 Å². The molecule has 1 N–H and O–H groups in total. The Morgan fingerprint density at radius 1 is 1.32 bits per heavy atom. The predicted molar refractivity (Wildman–Crippen MR) is 86.7 cm³/mol. The quantitative estimate of drug-likeness (QED) is 0.874. The Morgan fingerprint density at radius 3 is 2.68 bits per heavy atom. The lowest BCUT2D eigenvalue weighted by Crippen LogP contribution is -2.21. The lowest BCUT2D eigenvalue weighted by Gasteiger charge is -2.06. The molecule has 0 unspecified atom stereocenters. The standard InChI is InChI=1S/C15H19BrN2S/c1-9(2)17-8-14-11(4)18-15(19-14)12-6-5-10(3)7-13(12)16/h5-7,9,17H,8H2,1-4H3. The van der Waals surface area contributed by atoms with Crippen molar-refractivity contribution >= 4 is 27.3 Å². The predicted octanol–water partition coefficient (Wildman–Crippen LogP) is 4.69. The number of nitrogens with zero attached hydrogens (tertiary/aromatic N) is 1. The van der Waals surface area contributed by atoms with E-state index in [0.717, 1.165) is 21.7 Å². The van der Waals surface area contributed by atoms with Crippen LogP contribution in [0.25, 0.3) is 10.6 Å². The van der Waals surface area contributed by atoms with E-state index in [9.17, 15) is 0 Å². The summed E-state index contributed by atoms with van der Waals surface area (Å²) in [5.74, 6) is 0. The number of nitrogens with one attached hydrogen (secondary N) is 1. The van der Waals surface area contributed by atoms with Gasteiger partial charge >= 0.3 is 0 Å². The van der Waals surface area contributed by atoms with Crippen molar-refractivity contribution in [3.63, 3.8) is 0 Å². The van der Waals surface area contributed by atoms with Crippen molar-refractivity contribution in [1.29, 1.82) is 0 Å². The molecule has 0 aliphatic carbocycles. The number of hydrogen-bond donors (Lipinski definition) is 1. The summed E-state index contributed by atoms with van der Waals surface area (Å²) in [5, 5.41) is 4.54. The van der Waals surface area contributed by atoms with E-state index < -0.39 is 0 Å². The Bertz CT molecular complexity index is 576. The number of rotatable bonds is 4. The highest BCUT2D eigenvalue weighted by Gasteiger charge is 2.12. The maximum Gasteiger partial charge on any atom is 0.125 e. The Labute approximate surface area is 127 Å². The van der Waals surface area contributed by atoms with E-state index in [2.05, 4.69) is 67.1 Å². The Morgan fingerprint density at radius 2 is 2.05 bits per heavy atom. The van der Waals surface area contributed by atoms with Crippen LogP contribution in [-0.2, 0) is 6.54 Å². The van der Waals surface area contributed by atoms with Crippen LogP contribution < -0.4 is 5.32 Å². The smallest absolute Gasteiger partial charge is 0.125 e. The van der Waals surface area contributed by atoms with Crippen LogP contribution in [0, 0.1) is 13.8 Å². The molecular weight excluding hydrogens is 320 g/mol. The lowest BCUT2D eigenvalue weighted by molar-refractivity contribution is 0.591. The third-order valence-electron chi connectivity index (χ3n) is 2.92. The molecule has 0 atom stereocenters. The van der Waals surface area contributed by atoms with Crippen LogP contribution in [0.4, 0.5) is 0 Å². The van der Waals surface area contributed by atoms with Crippen molar-refractivity contribution in [3.05, 3.63) is 38.8 Å². The van der Waals surface area contributed by atoms with Gasteiger partial charge in [0.05, 0.1) is 5.69 Å². The van der Waals surface area contributed by atoms with E-state index >= 15 is 0 Å². The Kier molecular flexibility index (Phi) is 4.76. The van der Waals surface area contributed by atoms with Gasteiger partial charge in [-0.25, -0.2) is 4.98 Å². The van der Waals surface area contributed by atoms with Crippen LogP contribution >= 0.6 is 27.3 Å². The summed E-state index contributed by atoms with van der Waals surface area (Å²) < 4.78 is 1.12. The third kappa shape index (κ3) is 3.65. The molecule has 0 aliphatic heterocycles. The monoisotopic (exact) mass is 338 g/mol. The van der Waals surface area contributed by atoms with Crippen molar-refractivity contribution < 1.29 is 0 Å². The number of thiazole rings is 1. The van der Waals surface area contributed by atoms with Gasteiger partial charge in [0.15, 0.2) is 0 Å². The van der Waals surface area contributed by atoms with E-state index in [4.69, 9.17) is 4.98 Å². The minimum atomic E-state index is 0.496. The molecule has 1 heterocycles. The lowest BCUT2D eigenvalue weighted by atomic mass is 10.2. The van der Waals surface area contributed by atoms with Gasteiger partial charge in [-0.15, -0.1) is 11.3 Å². The largest absolute Gasteiger partial charge is 0.310 e. The number of aryl methyl sites for hydroxylation is 2. The highest BCUT2D eigenvalue weighted by molar-refractivity contribution is 9.10. The molecule has 1 aromatic heterocycles. The maximum atomic E-state index is 4.70. The van der Waals surface area contributed by atoms with Crippen LogP contribution in [0.5, 0.6) is 0 Å². The van der Waals surface area contributed by atoms with Crippen molar-refractivity contribution in [1.82, 2.24) is 10.3 Å². The van der Waals surface area contributed by atoms with Crippen LogP contribution in [0.1, 0.15) is 30.0 Å². The van der Waals surface area contributed by atoms with E-state index in [1.54, 1.807) is 11.3 Å². The molecule has 0 saturated carbocycles. The van der Waals surface area contributed by atoms with Crippen molar-refractivity contribution in [2.24, 2.45) is 0 Å². The van der Waals surface area contributed by atoms with Crippen LogP contribution in [0.2, 0.25) is 0 Å². The highest BCUT2D eigenvalue weighted by Crippen LogP contribution is 2.33. The molecule has 0 amide bonds. The van der Waals surface area contributed by atoms with Gasteiger partial charge in [0.1, 0.15) is 5.01 Å². The molecular formula is C15H19BrN2S. The molecule has 2 aromatic rings. The summed E-state index contributed by atoms with van der Waals surface area (Å²) in [6.45, 7) is 9.39. The van der Waals surface area contributed by atoms with Gasteiger partial charge < -0.3 is 5.32 Å². The highest BCUT2D eigenvalue weighted by atomic mass is 79.9. The van der Waals surface area contributed by atoms with Crippen LogP contribution in [0.3, 0.4) is 0 Å². The fourth-order valence-corrected chi connectivity index (χ4v) is 3.66. The fourth-order valence-electron chi connectivity index (χ4n) is 1.80. The molecule has 0 saturated heterocycles. The first kappa shape index (κ1) is 14.7. The topological polar surface area (TPSA) is 24.9 Å². The average Bonchev–Trinajstić information content (AvgIpc) is 2.67. The number of benzene rings is 1.